The highest BCUT2D eigenvalue weighted by atomic mass is 35.5. The summed E-state index contributed by atoms with van der Waals surface area (Å²) in [5, 5.41) is 9.04. The number of halogens is 4. The van der Waals surface area contributed by atoms with Gasteiger partial charge >= 0.3 is 6.18 Å². The Bertz CT molecular complexity index is 1630. The minimum atomic E-state index is -4.53. The zero-order valence-corrected chi connectivity index (χ0v) is 23.3. The van der Waals surface area contributed by atoms with Gasteiger partial charge in [0.25, 0.3) is 11.8 Å². The maximum absolute atomic E-state index is 13.1. The van der Waals surface area contributed by atoms with E-state index in [1.165, 1.54) is 12.1 Å². The molecule has 0 unspecified atom stereocenters. The van der Waals surface area contributed by atoms with Crippen molar-refractivity contribution in [3.63, 3.8) is 0 Å². The summed E-state index contributed by atoms with van der Waals surface area (Å²) in [4.78, 5) is 38.0. The number of alkyl halides is 3. The summed E-state index contributed by atoms with van der Waals surface area (Å²) >= 11 is 6.29. The van der Waals surface area contributed by atoms with Crippen molar-refractivity contribution >= 4 is 51.6 Å². The quantitative estimate of drug-likeness (QED) is 0.206. The van der Waals surface area contributed by atoms with Gasteiger partial charge in [-0.1, -0.05) is 37.6 Å². The monoisotopic (exact) mass is 584 g/mol. The van der Waals surface area contributed by atoms with E-state index >= 15 is 0 Å². The number of hydrogen-bond acceptors (Lipinski definition) is 3. The molecule has 0 atom stereocenters. The number of nitrogens with zero attached hydrogens (tertiary/aromatic N) is 1. The number of nitrogens with one attached hydrogen (secondary N) is 3. The van der Waals surface area contributed by atoms with Crippen molar-refractivity contribution < 1.29 is 27.6 Å². The van der Waals surface area contributed by atoms with E-state index in [2.05, 4.69) is 16.0 Å². The number of aryl methyl sites for hydroxylation is 1. The Morgan fingerprint density at radius 3 is 2.29 bits per heavy atom. The molecule has 0 aliphatic rings. The molecule has 214 valence electrons. The minimum Gasteiger partial charge on any atom is -0.352 e. The Morgan fingerprint density at radius 2 is 1.61 bits per heavy atom. The maximum Gasteiger partial charge on any atom is 0.416 e. The molecule has 0 saturated carbocycles. The van der Waals surface area contributed by atoms with Crippen LogP contribution in [0.4, 0.5) is 24.5 Å². The lowest BCUT2D eigenvalue weighted by Gasteiger charge is -2.12. The minimum absolute atomic E-state index is 0.0218. The van der Waals surface area contributed by atoms with Crippen molar-refractivity contribution in [2.45, 2.75) is 40.0 Å². The second-order valence-corrected chi connectivity index (χ2v) is 10.1. The number of fused-ring (bicyclic) bond motifs is 1. The standard InChI is InChI=1S/C30H28ClF3N4O3/c1-4-38-25-11-9-22(36-28(40)23-12-18(8-10-24(23)31)16-35-27(39)17(2)3)13-19(25)14-26(38)29(41)37-21-7-5-6-20(15-21)30(32,33)34/h5-15,17H,4,16H2,1-3H3,(H,35,39)(H,36,40)(H,37,41). The van der Waals surface area contributed by atoms with Crippen LogP contribution in [0.2, 0.25) is 5.02 Å². The molecule has 4 rings (SSSR count). The average Bonchev–Trinajstić information content (AvgIpc) is 3.30. The maximum atomic E-state index is 13.1. The van der Waals surface area contributed by atoms with Gasteiger partial charge in [-0.3, -0.25) is 14.4 Å². The summed E-state index contributed by atoms with van der Waals surface area (Å²) in [5.41, 5.74) is 1.51. The molecule has 0 fully saturated rings. The third kappa shape index (κ3) is 6.89. The second kappa shape index (κ2) is 12.1. The molecule has 0 radical (unpaired) electrons. The Hall–Kier alpha value is -4.31. The van der Waals surface area contributed by atoms with E-state index in [0.29, 0.717) is 28.7 Å². The van der Waals surface area contributed by atoms with Crippen molar-refractivity contribution in [1.82, 2.24) is 9.88 Å². The van der Waals surface area contributed by atoms with Crippen LogP contribution in [0.5, 0.6) is 0 Å². The Morgan fingerprint density at radius 1 is 0.902 bits per heavy atom. The van der Waals surface area contributed by atoms with Crippen LogP contribution >= 0.6 is 11.6 Å². The SMILES string of the molecule is CCn1c(C(=O)Nc2cccc(C(F)(F)F)c2)cc2cc(NC(=O)c3cc(CNC(=O)C(C)C)ccc3Cl)ccc21. The largest absolute Gasteiger partial charge is 0.416 e. The van der Waals surface area contributed by atoms with Gasteiger partial charge < -0.3 is 20.5 Å². The van der Waals surface area contributed by atoms with Crippen LogP contribution in [0.25, 0.3) is 10.9 Å². The number of amides is 3. The van der Waals surface area contributed by atoms with E-state index in [1.807, 2.05) is 6.92 Å². The lowest BCUT2D eigenvalue weighted by atomic mass is 10.1. The first-order valence-electron chi connectivity index (χ1n) is 12.9. The first-order chi connectivity index (χ1) is 19.4. The molecular weight excluding hydrogens is 557 g/mol. The fourth-order valence-corrected chi connectivity index (χ4v) is 4.50. The van der Waals surface area contributed by atoms with Gasteiger partial charge in [0.2, 0.25) is 5.91 Å². The fourth-order valence-electron chi connectivity index (χ4n) is 4.29. The van der Waals surface area contributed by atoms with Gasteiger partial charge in [0.05, 0.1) is 16.1 Å². The number of benzene rings is 3. The highest BCUT2D eigenvalue weighted by molar-refractivity contribution is 6.34. The predicted molar refractivity (Wildman–Crippen MR) is 153 cm³/mol. The lowest BCUT2D eigenvalue weighted by Crippen LogP contribution is -2.27. The van der Waals surface area contributed by atoms with Crippen LogP contribution in [0.15, 0.2) is 66.7 Å². The second-order valence-electron chi connectivity index (χ2n) is 9.72. The van der Waals surface area contributed by atoms with Crippen molar-refractivity contribution in [1.29, 1.82) is 0 Å². The number of aromatic nitrogens is 1. The predicted octanol–water partition coefficient (Wildman–Crippen LogP) is 7.11. The van der Waals surface area contributed by atoms with Crippen molar-refractivity contribution in [3.8, 4) is 0 Å². The summed E-state index contributed by atoms with van der Waals surface area (Å²) in [6, 6.07) is 16.1. The molecule has 0 aliphatic heterocycles. The van der Waals surface area contributed by atoms with Gasteiger partial charge in [0, 0.05) is 41.3 Å². The number of hydrogen-bond donors (Lipinski definition) is 3. The Balaban J connectivity index is 1.54. The fraction of sp³-hybridized carbons (Fsp3) is 0.233. The van der Waals surface area contributed by atoms with Crippen LogP contribution in [0.1, 0.15) is 52.7 Å². The first kappa shape index (κ1) is 29.7. The lowest BCUT2D eigenvalue weighted by molar-refractivity contribution is -0.137. The summed E-state index contributed by atoms with van der Waals surface area (Å²) < 4.78 is 41.0. The topological polar surface area (TPSA) is 92.2 Å². The van der Waals surface area contributed by atoms with Gasteiger partial charge in [-0.25, -0.2) is 0 Å². The molecule has 3 aromatic carbocycles. The zero-order chi connectivity index (χ0) is 29.9. The first-order valence-corrected chi connectivity index (χ1v) is 13.2. The molecule has 4 aromatic rings. The molecule has 3 amide bonds. The van der Waals surface area contributed by atoms with Gasteiger partial charge in [0.1, 0.15) is 5.69 Å². The molecular formula is C30H28ClF3N4O3. The Kier molecular flexibility index (Phi) is 8.72. The normalized spacial score (nSPS) is 11.5. The summed E-state index contributed by atoms with van der Waals surface area (Å²) in [6.45, 7) is 6.09. The number of carbonyl (C=O) groups is 3. The number of rotatable bonds is 8. The Labute approximate surface area is 239 Å². The van der Waals surface area contributed by atoms with Crippen molar-refractivity contribution in [3.05, 3.63) is 94.1 Å². The molecule has 1 heterocycles. The van der Waals surface area contributed by atoms with E-state index < -0.39 is 23.6 Å². The molecule has 0 aliphatic carbocycles. The van der Waals surface area contributed by atoms with Crippen LogP contribution in [0.3, 0.4) is 0 Å². The van der Waals surface area contributed by atoms with Crippen LogP contribution in [-0.4, -0.2) is 22.3 Å². The molecule has 0 bridgehead atoms. The van der Waals surface area contributed by atoms with Crippen molar-refractivity contribution in [2.24, 2.45) is 5.92 Å². The number of anilines is 2. The molecule has 7 nitrogen and oxygen atoms in total. The summed E-state index contributed by atoms with van der Waals surface area (Å²) in [6.07, 6.45) is -4.53. The molecule has 0 saturated heterocycles. The summed E-state index contributed by atoms with van der Waals surface area (Å²) in [7, 11) is 0. The zero-order valence-electron chi connectivity index (χ0n) is 22.5. The van der Waals surface area contributed by atoms with Crippen LogP contribution < -0.4 is 16.0 Å². The van der Waals surface area contributed by atoms with E-state index in [0.717, 1.165) is 12.1 Å². The molecule has 0 spiro atoms. The summed E-state index contributed by atoms with van der Waals surface area (Å²) in [5.74, 6) is -1.30. The van der Waals surface area contributed by atoms with Gasteiger partial charge in [-0.15, -0.1) is 0 Å². The number of carbonyl (C=O) groups excluding carboxylic acids is 3. The molecule has 3 N–H and O–H groups in total. The third-order valence-corrected chi connectivity index (χ3v) is 6.75. The molecule has 1 aromatic heterocycles. The highest BCUT2D eigenvalue weighted by Crippen LogP contribution is 2.31. The van der Waals surface area contributed by atoms with Gasteiger partial charge in [-0.05, 0) is 67.1 Å². The smallest absolute Gasteiger partial charge is 0.352 e. The van der Waals surface area contributed by atoms with E-state index in [1.54, 1.807) is 60.9 Å². The molecule has 11 heteroatoms. The van der Waals surface area contributed by atoms with Crippen LogP contribution in [0, 0.1) is 5.92 Å². The van der Waals surface area contributed by atoms with Crippen LogP contribution in [-0.2, 0) is 24.1 Å². The van der Waals surface area contributed by atoms with E-state index in [9.17, 15) is 27.6 Å². The third-order valence-electron chi connectivity index (χ3n) is 6.42. The molecule has 41 heavy (non-hydrogen) atoms. The van der Waals surface area contributed by atoms with Crippen molar-refractivity contribution in [2.75, 3.05) is 10.6 Å². The van der Waals surface area contributed by atoms with Gasteiger partial charge in [-0.2, -0.15) is 13.2 Å². The highest BCUT2D eigenvalue weighted by Gasteiger charge is 2.30. The van der Waals surface area contributed by atoms with E-state index in [4.69, 9.17) is 11.6 Å². The van der Waals surface area contributed by atoms with E-state index in [-0.39, 0.29) is 40.3 Å². The van der Waals surface area contributed by atoms with Gasteiger partial charge in [0.15, 0.2) is 0 Å². The average molecular weight is 585 g/mol.